The molecule has 0 aromatic heterocycles. The summed E-state index contributed by atoms with van der Waals surface area (Å²) in [5.41, 5.74) is 1.55. The van der Waals surface area contributed by atoms with Crippen LogP contribution in [0, 0.1) is 0 Å². The van der Waals surface area contributed by atoms with Gasteiger partial charge >= 0.3 is 0 Å². The van der Waals surface area contributed by atoms with Crippen LogP contribution in [0.1, 0.15) is 19.3 Å². The summed E-state index contributed by atoms with van der Waals surface area (Å²) in [4.78, 5) is 13.9. The van der Waals surface area contributed by atoms with Crippen molar-refractivity contribution >= 4 is 27.3 Å². The second-order valence-corrected chi connectivity index (χ2v) is 7.52. The van der Waals surface area contributed by atoms with Gasteiger partial charge in [-0.05, 0) is 43.5 Å². The van der Waals surface area contributed by atoms with Gasteiger partial charge in [0.1, 0.15) is 5.75 Å². The molecule has 7 nitrogen and oxygen atoms in total. The summed E-state index contributed by atoms with van der Waals surface area (Å²) in [5, 5.41) is 2.49. The number of hydrogen-bond donors (Lipinski definition) is 2. The van der Waals surface area contributed by atoms with Crippen LogP contribution in [-0.2, 0) is 19.6 Å². The summed E-state index contributed by atoms with van der Waals surface area (Å²) in [6.07, 6.45) is 3.64. The Kier molecular flexibility index (Phi) is 6.86. The number of sulfonamides is 1. The first-order chi connectivity index (χ1) is 11.5. The average Bonchev–Trinajstić information content (AvgIpc) is 2.55. The lowest BCUT2D eigenvalue weighted by molar-refractivity contribution is -0.118. The zero-order chi connectivity index (χ0) is 17.4. The van der Waals surface area contributed by atoms with Gasteiger partial charge in [0.05, 0.1) is 6.61 Å². The van der Waals surface area contributed by atoms with Crippen LogP contribution in [0.15, 0.2) is 24.3 Å². The molecule has 1 amide bonds. The molecule has 1 heterocycles. The van der Waals surface area contributed by atoms with Crippen LogP contribution in [-0.4, -0.2) is 53.4 Å². The second-order valence-electron chi connectivity index (χ2n) is 5.80. The van der Waals surface area contributed by atoms with Gasteiger partial charge in [0, 0.05) is 38.1 Å². The van der Waals surface area contributed by atoms with Gasteiger partial charge in [0.25, 0.3) is 0 Å². The van der Waals surface area contributed by atoms with E-state index in [1.54, 1.807) is 12.1 Å². The SMILES string of the molecule is COCCNC(=O)CS(=O)(=O)Nc1ccc(N2CCCCC2)cc1. The van der Waals surface area contributed by atoms with Gasteiger partial charge in [-0.1, -0.05) is 0 Å². The molecule has 0 saturated carbocycles. The van der Waals surface area contributed by atoms with E-state index in [4.69, 9.17) is 4.74 Å². The van der Waals surface area contributed by atoms with Gasteiger partial charge in [-0.15, -0.1) is 0 Å². The van der Waals surface area contributed by atoms with Crippen LogP contribution < -0.4 is 14.9 Å². The van der Waals surface area contributed by atoms with Crippen molar-refractivity contribution in [3.8, 4) is 0 Å². The fourth-order valence-corrected chi connectivity index (χ4v) is 3.64. The molecule has 0 aliphatic carbocycles. The van der Waals surface area contributed by atoms with E-state index in [1.807, 2.05) is 12.1 Å². The highest BCUT2D eigenvalue weighted by Crippen LogP contribution is 2.22. The lowest BCUT2D eigenvalue weighted by Crippen LogP contribution is -2.34. The van der Waals surface area contributed by atoms with E-state index in [0.717, 1.165) is 18.8 Å². The lowest BCUT2D eigenvalue weighted by atomic mass is 10.1. The molecule has 1 fully saturated rings. The topological polar surface area (TPSA) is 87.7 Å². The first-order valence-corrected chi connectivity index (χ1v) is 9.76. The molecule has 8 heteroatoms. The monoisotopic (exact) mass is 355 g/mol. The molecule has 1 aliphatic rings. The Balaban J connectivity index is 1.88. The van der Waals surface area contributed by atoms with Crippen molar-refractivity contribution in [2.75, 3.05) is 48.7 Å². The number of hydrogen-bond acceptors (Lipinski definition) is 5. The van der Waals surface area contributed by atoms with Crippen LogP contribution in [0.4, 0.5) is 11.4 Å². The molecule has 24 heavy (non-hydrogen) atoms. The molecule has 1 aromatic carbocycles. The lowest BCUT2D eigenvalue weighted by Gasteiger charge is -2.28. The molecular weight excluding hydrogens is 330 g/mol. The number of benzene rings is 1. The molecule has 0 radical (unpaired) electrons. The Morgan fingerprint density at radius 3 is 2.46 bits per heavy atom. The third kappa shape index (κ3) is 6.01. The first-order valence-electron chi connectivity index (χ1n) is 8.11. The van der Waals surface area contributed by atoms with Crippen molar-refractivity contribution < 1.29 is 17.9 Å². The van der Waals surface area contributed by atoms with Crippen molar-refractivity contribution in [2.24, 2.45) is 0 Å². The number of ether oxygens (including phenoxy) is 1. The Morgan fingerprint density at radius 2 is 1.83 bits per heavy atom. The Bertz CT molecular complexity index is 625. The average molecular weight is 355 g/mol. The minimum atomic E-state index is -3.73. The van der Waals surface area contributed by atoms with E-state index in [9.17, 15) is 13.2 Å². The normalized spacial score (nSPS) is 15.1. The van der Waals surface area contributed by atoms with Gasteiger partial charge in [-0.25, -0.2) is 8.42 Å². The quantitative estimate of drug-likeness (QED) is 0.684. The molecule has 134 valence electrons. The van der Waals surface area contributed by atoms with Crippen molar-refractivity contribution in [1.29, 1.82) is 0 Å². The highest BCUT2D eigenvalue weighted by atomic mass is 32.2. The van der Waals surface area contributed by atoms with Crippen LogP contribution in [0.5, 0.6) is 0 Å². The summed E-state index contributed by atoms with van der Waals surface area (Å²) >= 11 is 0. The van der Waals surface area contributed by atoms with E-state index in [2.05, 4.69) is 14.9 Å². The molecule has 2 rings (SSSR count). The fourth-order valence-electron chi connectivity index (χ4n) is 2.62. The second kappa shape index (κ2) is 8.89. The largest absolute Gasteiger partial charge is 0.383 e. The van der Waals surface area contributed by atoms with Crippen molar-refractivity contribution in [3.63, 3.8) is 0 Å². The maximum atomic E-state index is 12.0. The number of anilines is 2. The molecule has 1 aliphatic heterocycles. The van der Waals surface area contributed by atoms with Crippen LogP contribution >= 0.6 is 0 Å². The number of nitrogens with zero attached hydrogens (tertiary/aromatic N) is 1. The Hall–Kier alpha value is -1.80. The molecule has 0 spiro atoms. The maximum absolute atomic E-state index is 12.0. The van der Waals surface area contributed by atoms with Crippen LogP contribution in [0.2, 0.25) is 0 Å². The Morgan fingerprint density at radius 1 is 1.17 bits per heavy atom. The highest BCUT2D eigenvalue weighted by Gasteiger charge is 2.17. The first kappa shape index (κ1) is 18.5. The standard InChI is InChI=1S/C16H25N3O4S/c1-23-12-9-17-16(20)13-24(21,22)18-14-5-7-15(8-6-14)19-10-3-2-4-11-19/h5-8,18H,2-4,9-13H2,1H3,(H,17,20). The van der Waals surface area contributed by atoms with Crippen molar-refractivity contribution in [2.45, 2.75) is 19.3 Å². The summed E-state index contributed by atoms with van der Waals surface area (Å²) < 4.78 is 31.3. The number of rotatable bonds is 8. The number of nitrogens with one attached hydrogen (secondary N) is 2. The fraction of sp³-hybridized carbons (Fsp3) is 0.562. The number of amides is 1. The summed E-state index contributed by atoms with van der Waals surface area (Å²) in [6, 6.07) is 7.26. The minimum Gasteiger partial charge on any atom is -0.383 e. The third-order valence-electron chi connectivity index (χ3n) is 3.81. The van der Waals surface area contributed by atoms with Crippen molar-refractivity contribution in [3.05, 3.63) is 24.3 Å². The predicted octanol–water partition coefficient (Wildman–Crippen LogP) is 1.18. The Labute approximate surface area is 143 Å². The third-order valence-corrected chi connectivity index (χ3v) is 5.00. The minimum absolute atomic E-state index is 0.287. The number of carbonyl (C=O) groups excluding carboxylic acids is 1. The smallest absolute Gasteiger partial charge is 0.241 e. The van der Waals surface area contributed by atoms with Crippen LogP contribution in [0.25, 0.3) is 0 Å². The molecule has 0 unspecified atom stereocenters. The van der Waals surface area contributed by atoms with Gasteiger partial charge in [0.15, 0.2) is 0 Å². The van der Waals surface area contributed by atoms with E-state index < -0.39 is 21.7 Å². The molecule has 0 atom stereocenters. The predicted molar refractivity (Wildman–Crippen MR) is 94.8 cm³/mol. The molecule has 2 N–H and O–H groups in total. The van der Waals surface area contributed by atoms with E-state index in [0.29, 0.717) is 12.3 Å². The number of methoxy groups -OCH3 is 1. The van der Waals surface area contributed by atoms with E-state index in [1.165, 1.54) is 26.4 Å². The zero-order valence-corrected chi connectivity index (χ0v) is 14.8. The number of piperidine rings is 1. The van der Waals surface area contributed by atoms with E-state index in [-0.39, 0.29) is 6.54 Å². The summed E-state index contributed by atoms with van der Waals surface area (Å²) in [6.45, 7) is 2.70. The summed E-state index contributed by atoms with van der Waals surface area (Å²) in [7, 11) is -2.21. The molecule has 1 aromatic rings. The molecule has 1 saturated heterocycles. The van der Waals surface area contributed by atoms with Crippen molar-refractivity contribution in [1.82, 2.24) is 5.32 Å². The van der Waals surface area contributed by atoms with Gasteiger partial charge in [0.2, 0.25) is 15.9 Å². The highest BCUT2D eigenvalue weighted by molar-refractivity contribution is 7.93. The van der Waals surface area contributed by atoms with Gasteiger partial charge in [-0.2, -0.15) is 0 Å². The van der Waals surface area contributed by atoms with Crippen LogP contribution in [0.3, 0.4) is 0 Å². The van der Waals surface area contributed by atoms with Gasteiger partial charge < -0.3 is 15.0 Å². The zero-order valence-electron chi connectivity index (χ0n) is 14.0. The number of carbonyl (C=O) groups is 1. The maximum Gasteiger partial charge on any atom is 0.241 e. The van der Waals surface area contributed by atoms with Gasteiger partial charge in [-0.3, -0.25) is 9.52 Å². The van der Waals surface area contributed by atoms with E-state index >= 15 is 0 Å². The molecule has 0 bridgehead atoms. The molecular formula is C16H25N3O4S. The summed E-state index contributed by atoms with van der Waals surface area (Å²) in [5.74, 6) is -1.16.